The van der Waals surface area contributed by atoms with Crippen LogP contribution in [0.4, 0.5) is 11.4 Å². The maximum absolute atomic E-state index is 12.2. The molecule has 0 saturated heterocycles. The molecule has 1 rings (SSSR count). The number of hydrogen-bond donors (Lipinski definition) is 2. The van der Waals surface area contributed by atoms with Crippen LogP contribution < -0.4 is 15.8 Å². The average molecular weight is 265 g/mol. The van der Waals surface area contributed by atoms with E-state index in [9.17, 15) is 4.79 Å². The predicted molar refractivity (Wildman–Crippen MR) is 78.4 cm³/mol. The number of anilines is 2. The molecule has 1 amide bonds. The van der Waals surface area contributed by atoms with Crippen molar-refractivity contribution < 1.29 is 9.53 Å². The summed E-state index contributed by atoms with van der Waals surface area (Å²) in [6, 6.07) is 5.00. The Bertz CT molecular complexity index is 431. The summed E-state index contributed by atoms with van der Waals surface area (Å²) in [5.41, 5.74) is 6.93. The molecule has 0 aliphatic rings. The summed E-state index contributed by atoms with van der Waals surface area (Å²) in [6.07, 6.45) is 0. The molecule has 19 heavy (non-hydrogen) atoms. The normalized spacial score (nSPS) is 12.3. The molecule has 0 aromatic heterocycles. The second-order valence-electron chi connectivity index (χ2n) is 4.35. The van der Waals surface area contributed by atoms with Gasteiger partial charge in [-0.2, -0.15) is 0 Å². The Balaban J connectivity index is 2.82. The van der Waals surface area contributed by atoms with Crippen molar-refractivity contribution in [2.24, 2.45) is 0 Å². The number of likely N-dealkylation sites (N-methyl/N-ethyl adjacent to an activating group) is 1. The Kier molecular flexibility index (Phi) is 5.63. The van der Waals surface area contributed by atoms with Crippen molar-refractivity contribution in [1.82, 2.24) is 4.90 Å². The molecule has 0 radical (unpaired) electrons. The largest absolute Gasteiger partial charge is 0.494 e. The molecule has 0 bridgehead atoms. The number of carbonyl (C=O) groups excluding carboxylic acids is 1. The molecule has 0 spiro atoms. The first-order valence-electron chi connectivity index (χ1n) is 6.51. The molecule has 0 aliphatic heterocycles. The highest BCUT2D eigenvalue weighted by molar-refractivity contribution is 5.96. The molecule has 0 fully saturated rings. The molecule has 0 saturated carbocycles. The van der Waals surface area contributed by atoms with E-state index in [2.05, 4.69) is 10.2 Å². The third-order valence-corrected chi connectivity index (χ3v) is 3.22. The van der Waals surface area contributed by atoms with E-state index in [1.807, 2.05) is 20.8 Å². The van der Waals surface area contributed by atoms with Gasteiger partial charge in [-0.25, -0.2) is 0 Å². The molecule has 5 heteroatoms. The van der Waals surface area contributed by atoms with Crippen molar-refractivity contribution in [3.8, 4) is 5.75 Å². The second kappa shape index (κ2) is 6.99. The van der Waals surface area contributed by atoms with Crippen LogP contribution in [0.5, 0.6) is 5.75 Å². The number of carbonyl (C=O) groups is 1. The zero-order valence-electron chi connectivity index (χ0n) is 12.1. The number of ether oxygens (including phenoxy) is 1. The summed E-state index contributed by atoms with van der Waals surface area (Å²) in [5, 5.41) is 2.88. The number of nitrogens with two attached hydrogens (primary N) is 1. The topological polar surface area (TPSA) is 67.6 Å². The number of methoxy groups -OCH3 is 1. The molecule has 3 N–H and O–H groups in total. The second-order valence-corrected chi connectivity index (χ2v) is 4.35. The molecule has 1 atom stereocenters. The first kappa shape index (κ1) is 15.3. The van der Waals surface area contributed by atoms with Crippen molar-refractivity contribution in [2.75, 3.05) is 31.2 Å². The van der Waals surface area contributed by atoms with Crippen LogP contribution in [0.3, 0.4) is 0 Å². The fourth-order valence-corrected chi connectivity index (χ4v) is 1.99. The number of benzene rings is 1. The lowest BCUT2D eigenvalue weighted by atomic mass is 10.2. The minimum Gasteiger partial charge on any atom is -0.494 e. The van der Waals surface area contributed by atoms with Gasteiger partial charge >= 0.3 is 0 Å². The molecule has 1 unspecified atom stereocenters. The van der Waals surface area contributed by atoms with Crippen LogP contribution in [0.2, 0.25) is 0 Å². The lowest BCUT2D eigenvalue weighted by Gasteiger charge is -2.25. The van der Waals surface area contributed by atoms with E-state index >= 15 is 0 Å². The van der Waals surface area contributed by atoms with Gasteiger partial charge in [0.05, 0.1) is 18.8 Å². The molecule has 0 heterocycles. The van der Waals surface area contributed by atoms with Crippen LogP contribution in [0.1, 0.15) is 20.8 Å². The van der Waals surface area contributed by atoms with Crippen molar-refractivity contribution in [3.63, 3.8) is 0 Å². The van der Waals surface area contributed by atoms with E-state index in [1.165, 1.54) is 0 Å². The number of nitrogens with zero attached hydrogens (tertiary/aromatic N) is 1. The Morgan fingerprint density at radius 1 is 1.42 bits per heavy atom. The third-order valence-electron chi connectivity index (χ3n) is 3.22. The fourth-order valence-electron chi connectivity index (χ4n) is 1.99. The summed E-state index contributed by atoms with van der Waals surface area (Å²) < 4.78 is 5.21. The molecule has 106 valence electrons. The SMILES string of the molecule is CCN(CC)C(C)C(=O)Nc1ccc(N)cc1OC. The van der Waals surface area contributed by atoms with Gasteiger partial charge in [-0.05, 0) is 32.1 Å². The minimum absolute atomic E-state index is 0.0493. The van der Waals surface area contributed by atoms with Crippen LogP contribution in [-0.4, -0.2) is 37.0 Å². The standard InChI is InChI=1S/C14H23N3O2/c1-5-17(6-2)10(3)14(18)16-12-8-7-11(15)9-13(12)19-4/h7-10H,5-6,15H2,1-4H3,(H,16,18). The predicted octanol–water partition coefficient (Wildman–Crippen LogP) is 1.95. The quantitative estimate of drug-likeness (QED) is 0.771. The van der Waals surface area contributed by atoms with E-state index in [0.717, 1.165) is 13.1 Å². The van der Waals surface area contributed by atoms with E-state index in [4.69, 9.17) is 10.5 Å². The maximum atomic E-state index is 12.2. The molecule has 0 aliphatic carbocycles. The number of nitrogens with one attached hydrogen (secondary N) is 1. The summed E-state index contributed by atoms with van der Waals surface area (Å²) in [5.74, 6) is 0.520. The molecule has 5 nitrogen and oxygen atoms in total. The highest BCUT2D eigenvalue weighted by Crippen LogP contribution is 2.26. The van der Waals surface area contributed by atoms with Crippen LogP contribution in [0.15, 0.2) is 18.2 Å². The molecular formula is C14H23N3O2. The highest BCUT2D eigenvalue weighted by atomic mass is 16.5. The Morgan fingerprint density at radius 3 is 2.58 bits per heavy atom. The van der Waals surface area contributed by atoms with Crippen molar-refractivity contribution in [1.29, 1.82) is 0 Å². The van der Waals surface area contributed by atoms with Gasteiger partial charge in [-0.1, -0.05) is 13.8 Å². The van der Waals surface area contributed by atoms with Gasteiger partial charge in [-0.3, -0.25) is 9.69 Å². The van der Waals surface area contributed by atoms with Crippen LogP contribution in [0.25, 0.3) is 0 Å². The summed E-state index contributed by atoms with van der Waals surface area (Å²) in [7, 11) is 1.55. The van der Waals surface area contributed by atoms with Gasteiger partial charge in [0.15, 0.2) is 0 Å². The Morgan fingerprint density at radius 2 is 2.05 bits per heavy atom. The summed E-state index contributed by atoms with van der Waals surface area (Å²) in [6.45, 7) is 7.65. The number of hydrogen-bond acceptors (Lipinski definition) is 4. The number of nitrogen functional groups attached to an aromatic ring is 1. The Hall–Kier alpha value is -1.75. The van der Waals surface area contributed by atoms with Crippen molar-refractivity contribution in [2.45, 2.75) is 26.8 Å². The summed E-state index contributed by atoms with van der Waals surface area (Å²) in [4.78, 5) is 14.3. The van der Waals surface area contributed by atoms with Gasteiger partial charge in [0, 0.05) is 11.8 Å². The lowest BCUT2D eigenvalue weighted by Crippen LogP contribution is -2.41. The monoisotopic (exact) mass is 265 g/mol. The minimum atomic E-state index is -0.183. The van der Waals surface area contributed by atoms with E-state index in [1.54, 1.807) is 25.3 Å². The van der Waals surface area contributed by atoms with Gasteiger partial charge in [-0.15, -0.1) is 0 Å². The first-order valence-corrected chi connectivity index (χ1v) is 6.51. The van der Waals surface area contributed by atoms with Gasteiger partial charge in [0.2, 0.25) is 5.91 Å². The highest BCUT2D eigenvalue weighted by Gasteiger charge is 2.19. The average Bonchev–Trinajstić information content (AvgIpc) is 2.41. The first-order chi connectivity index (χ1) is 9.03. The van der Waals surface area contributed by atoms with Gasteiger partial charge < -0.3 is 15.8 Å². The number of amides is 1. The van der Waals surface area contributed by atoms with Crippen LogP contribution >= 0.6 is 0 Å². The van der Waals surface area contributed by atoms with E-state index < -0.39 is 0 Å². The molecule has 1 aromatic rings. The molecule has 1 aromatic carbocycles. The Labute approximate surface area is 114 Å². The lowest BCUT2D eigenvalue weighted by molar-refractivity contribution is -0.120. The van der Waals surface area contributed by atoms with E-state index in [-0.39, 0.29) is 11.9 Å². The van der Waals surface area contributed by atoms with Crippen LogP contribution in [0, 0.1) is 0 Å². The van der Waals surface area contributed by atoms with E-state index in [0.29, 0.717) is 17.1 Å². The zero-order chi connectivity index (χ0) is 14.4. The fraction of sp³-hybridized carbons (Fsp3) is 0.500. The molecular weight excluding hydrogens is 242 g/mol. The maximum Gasteiger partial charge on any atom is 0.241 e. The van der Waals surface area contributed by atoms with Crippen LogP contribution in [-0.2, 0) is 4.79 Å². The van der Waals surface area contributed by atoms with Crippen molar-refractivity contribution >= 4 is 17.3 Å². The smallest absolute Gasteiger partial charge is 0.241 e. The number of rotatable bonds is 6. The zero-order valence-corrected chi connectivity index (χ0v) is 12.1. The van der Waals surface area contributed by atoms with Crippen molar-refractivity contribution in [3.05, 3.63) is 18.2 Å². The summed E-state index contributed by atoms with van der Waals surface area (Å²) >= 11 is 0. The third kappa shape index (κ3) is 3.86. The van der Waals surface area contributed by atoms with Gasteiger partial charge in [0.1, 0.15) is 5.75 Å². The van der Waals surface area contributed by atoms with Gasteiger partial charge in [0.25, 0.3) is 0 Å².